The monoisotopic (exact) mass is 535 g/mol. The Kier molecular flexibility index (Phi) is 6.72. The standard InChI is InChI=1S/C21H19Br2N3O4/c1-11(2)19-25-17-6-5-14(22)9-15(17)20(27)26(19)24-10-13-4-7-18(16(23)8-13)30-12(3)21(28)29/h4-12H,1-3H3,(H,28,29)/t12-/m1/s1. The number of benzene rings is 2. The third-order valence-electron chi connectivity index (χ3n) is 4.28. The van der Waals surface area contributed by atoms with E-state index in [-0.39, 0.29) is 11.5 Å². The third kappa shape index (κ3) is 4.79. The first-order chi connectivity index (χ1) is 14.2. The summed E-state index contributed by atoms with van der Waals surface area (Å²) < 4.78 is 8.07. The van der Waals surface area contributed by atoms with Crippen LogP contribution in [-0.4, -0.2) is 33.1 Å². The van der Waals surface area contributed by atoms with E-state index in [0.29, 0.717) is 32.5 Å². The van der Waals surface area contributed by atoms with Gasteiger partial charge in [0.1, 0.15) is 11.6 Å². The molecule has 0 unspecified atom stereocenters. The number of ether oxygens (including phenoxy) is 1. The van der Waals surface area contributed by atoms with E-state index in [9.17, 15) is 9.59 Å². The number of fused-ring (bicyclic) bond motifs is 1. The molecule has 0 spiro atoms. The lowest BCUT2D eigenvalue weighted by molar-refractivity contribution is -0.144. The summed E-state index contributed by atoms with van der Waals surface area (Å²) in [6, 6.07) is 10.5. The predicted octanol–water partition coefficient (Wildman–Crippen LogP) is 4.78. The van der Waals surface area contributed by atoms with Crippen LogP contribution in [0.1, 0.15) is 38.1 Å². The van der Waals surface area contributed by atoms with E-state index in [1.807, 2.05) is 19.9 Å². The molecule has 0 fully saturated rings. The number of carboxylic acids is 1. The molecule has 1 aromatic heterocycles. The van der Waals surface area contributed by atoms with Crippen molar-refractivity contribution < 1.29 is 14.6 Å². The summed E-state index contributed by atoms with van der Waals surface area (Å²) in [4.78, 5) is 28.6. The molecule has 9 heteroatoms. The highest BCUT2D eigenvalue weighted by Gasteiger charge is 2.15. The van der Waals surface area contributed by atoms with Gasteiger partial charge in [0.15, 0.2) is 6.10 Å². The van der Waals surface area contributed by atoms with Crippen LogP contribution in [0.2, 0.25) is 0 Å². The molecule has 7 nitrogen and oxygen atoms in total. The average Bonchev–Trinajstić information content (AvgIpc) is 2.69. The highest BCUT2D eigenvalue weighted by atomic mass is 79.9. The number of rotatable bonds is 6. The van der Waals surface area contributed by atoms with Crippen molar-refractivity contribution in [2.24, 2.45) is 5.10 Å². The van der Waals surface area contributed by atoms with Gasteiger partial charge in [-0.2, -0.15) is 9.78 Å². The van der Waals surface area contributed by atoms with Crippen LogP contribution in [0.15, 0.2) is 55.2 Å². The van der Waals surface area contributed by atoms with Gasteiger partial charge in [-0.3, -0.25) is 4.79 Å². The molecule has 0 aliphatic rings. The first-order valence-electron chi connectivity index (χ1n) is 9.13. The first-order valence-corrected chi connectivity index (χ1v) is 10.7. The molecule has 0 saturated heterocycles. The molecule has 1 heterocycles. The fourth-order valence-corrected chi connectivity index (χ4v) is 3.56. The molecule has 30 heavy (non-hydrogen) atoms. The number of halogens is 2. The summed E-state index contributed by atoms with van der Waals surface area (Å²) >= 11 is 6.76. The van der Waals surface area contributed by atoms with Gasteiger partial charge in [-0.25, -0.2) is 9.78 Å². The van der Waals surface area contributed by atoms with Crippen LogP contribution in [0.3, 0.4) is 0 Å². The summed E-state index contributed by atoms with van der Waals surface area (Å²) in [6.45, 7) is 5.35. The summed E-state index contributed by atoms with van der Waals surface area (Å²) in [6.07, 6.45) is 0.574. The molecule has 0 amide bonds. The Labute approximate surface area is 189 Å². The second-order valence-corrected chi connectivity index (χ2v) is 8.71. The number of hydrogen-bond acceptors (Lipinski definition) is 5. The number of carboxylic acid groups (broad SMARTS) is 1. The third-order valence-corrected chi connectivity index (χ3v) is 5.39. The van der Waals surface area contributed by atoms with Gasteiger partial charge >= 0.3 is 5.97 Å². The Bertz CT molecular complexity index is 1200. The topological polar surface area (TPSA) is 93.8 Å². The van der Waals surface area contributed by atoms with E-state index in [1.165, 1.54) is 11.6 Å². The molecule has 1 N–H and O–H groups in total. The van der Waals surface area contributed by atoms with Crippen LogP contribution < -0.4 is 10.3 Å². The van der Waals surface area contributed by atoms with Crippen molar-refractivity contribution in [1.82, 2.24) is 9.66 Å². The summed E-state index contributed by atoms with van der Waals surface area (Å²) in [7, 11) is 0. The normalized spacial score (nSPS) is 12.6. The molecular formula is C21H19Br2N3O4. The van der Waals surface area contributed by atoms with Crippen LogP contribution in [-0.2, 0) is 4.79 Å². The lowest BCUT2D eigenvalue weighted by atomic mass is 10.2. The molecule has 2 aromatic carbocycles. The van der Waals surface area contributed by atoms with Crippen LogP contribution >= 0.6 is 31.9 Å². The molecule has 1 atom stereocenters. The molecule has 0 radical (unpaired) electrons. The van der Waals surface area contributed by atoms with Crippen LogP contribution in [0.4, 0.5) is 0 Å². The predicted molar refractivity (Wildman–Crippen MR) is 123 cm³/mol. The van der Waals surface area contributed by atoms with Crippen LogP contribution in [0.5, 0.6) is 5.75 Å². The van der Waals surface area contributed by atoms with Gasteiger partial charge in [-0.05, 0) is 64.8 Å². The Morgan fingerprint density at radius 3 is 2.57 bits per heavy atom. The van der Waals surface area contributed by atoms with Crippen molar-refractivity contribution in [3.63, 3.8) is 0 Å². The number of hydrogen-bond donors (Lipinski definition) is 1. The molecule has 3 rings (SSSR count). The van der Waals surface area contributed by atoms with Crippen molar-refractivity contribution in [2.75, 3.05) is 0 Å². The summed E-state index contributed by atoms with van der Waals surface area (Å²) in [5, 5.41) is 13.8. The Morgan fingerprint density at radius 1 is 1.20 bits per heavy atom. The summed E-state index contributed by atoms with van der Waals surface area (Å²) in [5.74, 6) is -0.105. The van der Waals surface area contributed by atoms with Crippen LogP contribution in [0, 0.1) is 0 Å². The summed E-state index contributed by atoms with van der Waals surface area (Å²) in [5.41, 5.74) is 1.07. The highest BCUT2D eigenvalue weighted by Crippen LogP contribution is 2.26. The van der Waals surface area contributed by atoms with Gasteiger partial charge in [0.05, 0.1) is 21.6 Å². The van der Waals surface area contributed by atoms with Gasteiger partial charge in [0.2, 0.25) is 0 Å². The SMILES string of the molecule is CC(C)c1nc2ccc(Br)cc2c(=O)n1N=Cc1ccc(O[C@H](C)C(=O)O)c(Br)c1. The number of aromatic nitrogens is 2. The van der Waals surface area contributed by atoms with E-state index in [2.05, 4.69) is 41.9 Å². The largest absolute Gasteiger partial charge is 0.479 e. The molecule has 0 bridgehead atoms. The number of nitrogens with zero attached hydrogens (tertiary/aromatic N) is 3. The molecule has 0 aliphatic carbocycles. The lowest BCUT2D eigenvalue weighted by Crippen LogP contribution is -2.23. The van der Waals surface area contributed by atoms with Crippen molar-refractivity contribution in [3.05, 3.63) is 67.1 Å². The van der Waals surface area contributed by atoms with E-state index < -0.39 is 12.1 Å². The molecule has 0 aliphatic heterocycles. The maximum Gasteiger partial charge on any atom is 0.344 e. The van der Waals surface area contributed by atoms with E-state index in [0.717, 1.165) is 4.47 Å². The van der Waals surface area contributed by atoms with Crippen molar-refractivity contribution in [2.45, 2.75) is 32.8 Å². The average molecular weight is 537 g/mol. The smallest absolute Gasteiger partial charge is 0.344 e. The van der Waals surface area contributed by atoms with Gasteiger partial charge < -0.3 is 9.84 Å². The molecule has 0 saturated carbocycles. The van der Waals surface area contributed by atoms with Gasteiger partial charge in [0.25, 0.3) is 5.56 Å². The maximum atomic E-state index is 13.0. The van der Waals surface area contributed by atoms with Crippen molar-refractivity contribution in [1.29, 1.82) is 0 Å². The fraction of sp³-hybridized carbons (Fsp3) is 0.238. The second-order valence-electron chi connectivity index (χ2n) is 6.94. The van der Waals surface area contributed by atoms with E-state index >= 15 is 0 Å². The zero-order valence-corrected chi connectivity index (χ0v) is 19.6. The molecule has 3 aromatic rings. The van der Waals surface area contributed by atoms with E-state index in [1.54, 1.807) is 36.5 Å². The second kappa shape index (κ2) is 9.09. The zero-order chi connectivity index (χ0) is 22.0. The highest BCUT2D eigenvalue weighted by molar-refractivity contribution is 9.10. The maximum absolute atomic E-state index is 13.0. The Balaban J connectivity index is 2.00. The fourth-order valence-electron chi connectivity index (χ4n) is 2.71. The van der Waals surface area contributed by atoms with Gasteiger partial charge in [-0.15, -0.1) is 0 Å². The number of aliphatic carboxylic acids is 1. The van der Waals surface area contributed by atoms with Gasteiger partial charge in [0, 0.05) is 10.4 Å². The molecular weight excluding hydrogens is 518 g/mol. The van der Waals surface area contributed by atoms with Crippen molar-refractivity contribution >= 4 is 54.9 Å². The lowest BCUT2D eigenvalue weighted by Gasteiger charge is -2.13. The van der Waals surface area contributed by atoms with Crippen molar-refractivity contribution in [3.8, 4) is 5.75 Å². The molecule has 156 valence electrons. The van der Waals surface area contributed by atoms with Crippen LogP contribution in [0.25, 0.3) is 10.9 Å². The Hall–Kier alpha value is -2.52. The minimum Gasteiger partial charge on any atom is -0.479 e. The van der Waals surface area contributed by atoms with Gasteiger partial charge in [-0.1, -0.05) is 29.8 Å². The zero-order valence-electron chi connectivity index (χ0n) is 16.5. The first kappa shape index (κ1) is 22.2. The number of carbonyl (C=O) groups is 1. The minimum absolute atomic E-state index is 0.0112. The van der Waals surface area contributed by atoms with E-state index in [4.69, 9.17) is 9.84 Å². The quantitative estimate of drug-likeness (QED) is 0.457. The minimum atomic E-state index is -1.05. The Morgan fingerprint density at radius 2 is 1.93 bits per heavy atom.